The van der Waals surface area contributed by atoms with Crippen LogP contribution >= 0.6 is 0 Å². The van der Waals surface area contributed by atoms with Crippen molar-refractivity contribution < 1.29 is 24.2 Å². The largest absolute Gasteiger partial charge is 0.476 e. The van der Waals surface area contributed by atoms with E-state index in [4.69, 9.17) is 15.6 Å². The molecule has 0 bridgehead atoms. The number of aromatic nitrogens is 2. The summed E-state index contributed by atoms with van der Waals surface area (Å²) >= 11 is 0. The number of hydrogen-bond donors (Lipinski definition) is 4. The predicted octanol–water partition coefficient (Wildman–Crippen LogP) is 5.50. The second kappa shape index (κ2) is 26.2. The molecule has 1 heterocycles. The Morgan fingerprint density at radius 3 is 2.36 bits per heavy atom. The lowest BCUT2D eigenvalue weighted by Gasteiger charge is -2.32. The normalized spacial score (nSPS) is 15.2. The van der Waals surface area contributed by atoms with Crippen molar-refractivity contribution in [1.82, 2.24) is 20.4 Å². The Morgan fingerprint density at radius 1 is 1.11 bits per heavy atom. The zero-order chi connectivity index (χ0) is 33.9. The number of nitrogens with one attached hydrogen (secondary N) is 2. The first-order chi connectivity index (χ1) is 21.8. The number of carboxylic acid groups (broad SMARTS) is 1. The molecule has 1 fully saturated rings. The van der Waals surface area contributed by atoms with Crippen LogP contribution in [-0.2, 0) is 22.7 Å². The smallest absolute Gasteiger partial charge is 0.356 e. The Labute approximate surface area is 269 Å². The Bertz CT molecular complexity index is 1160. The van der Waals surface area contributed by atoms with Crippen molar-refractivity contribution in [3.05, 3.63) is 78.2 Å². The summed E-state index contributed by atoms with van der Waals surface area (Å²) in [4.78, 5) is 35.1. The number of aromatic carboxylic acids is 1. The van der Waals surface area contributed by atoms with E-state index in [0.717, 1.165) is 55.1 Å². The molecule has 248 valence electrons. The van der Waals surface area contributed by atoms with E-state index in [1.807, 2.05) is 62.4 Å². The van der Waals surface area contributed by atoms with E-state index in [9.17, 15) is 14.4 Å². The van der Waals surface area contributed by atoms with Crippen molar-refractivity contribution in [3.8, 4) is 12.8 Å². The van der Waals surface area contributed by atoms with Crippen LogP contribution in [-0.4, -0.2) is 57.9 Å². The van der Waals surface area contributed by atoms with Crippen LogP contribution in [0.25, 0.3) is 0 Å². The lowest BCUT2D eigenvalue weighted by molar-refractivity contribution is -0.124. The maximum Gasteiger partial charge on any atom is 0.356 e. The minimum Gasteiger partial charge on any atom is -0.476 e. The van der Waals surface area contributed by atoms with Gasteiger partial charge in [0.25, 0.3) is 5.91 Å². The van der Waals surface area contributed by atoms with E-state index in [-0.39, 0.29) is 36.0 Å². The van der Waals surface area contributed by atoms with Gasteiger partial charge in [-0.25, -0.2) is 9.48 Å². The van der Waals surface area contributed by atoms with Gasteiger partial charge in [-0.2, -0.15) is 5.10 Å². The predicted molar refractivity (Wildman–Crippen MR) is 181 cm³/mol. The van der Waals surface area contributed by atoms with Gasteiger partial charge in [-0.15, -0.1) is 19.4 Å². The number of hydrogen-bond acceptors (Lipinski definition) is 6. The number of ether oxygens (including phenoxy) is 1. The maximum atomic E-state index is 12.5. The number of carbonyl (C=O) groups excluding carboxylic acids is 2. The molecule has 0 radical (unpaired) electrons. The fraction of sp³-hybridized carbons (Fsp3) is 0.486. The topological polar surface area (TPSA) is 149 Å². The number of nitrogens with two attached hydrogens (primary N) is 1. The molecule has 45 heavy (non-hydrogen) atoms. The minimum absolute atomic E-state index is 0.115. The fourth-order valence-electron chi connectivity index (χ4n) is 4.35. The van der Waals surface area contributed by atoms with Gasteiger partial charge in [0, 0.05) is 12.6 Å². The summed E-state index contributed by atoms with van der Waals surface area (Å²) in [5.41, 5.74) is 5.86. The van der Waals surface area contributed by atoms with Gasteiger partial charge in [-0.1, -0.05) is 87.6 Å². The highest BCUT2D eigenvalue weighted by Gasteiger charge is 2.28. The van der Waals surface area contributed by atoms with Crippen LogP contribution in [0.5, 0.6) is 0 Å². The van der Waals surface area contributed by atoms with E-state index in [0.29, 0.717) is 6.61 Å². The molecule has 1 aliphatic carbocycles. The second-order valence-corrected chi connectivity index (χ2v) is 10.3. The third-order valence-corrected chi connectivity index (χ3v) is 6.73. The van der Waals surface area contributed by atoms with Gasteiger partial charge < -0.3 is 26.2 Å². The lowest BCUT2D eigenvalue weighted by atomic mass is 9.92. The molecule has 2 atom stereocenters. The van der Waals surface area contributed by atoms with E-state index >= 15 is 0 Å². The summed E-state index contributed by atoms with van der Waals surface area (Å²) in [6, 6.07) is 10.7. The third-order valence-electron chi connectivity index (χ3n) is 6.73. The quantitative estimate of drug-likeness (QED) is 0.116. The summed E-state index contributed by atoms with van der Waals surface area (Å²) in [6.07, 6.45) is 22.8. The van der Waals surface area contributed by atoms with Gasteiger partial charge in [-0.05, 0) is 45.2 Å². The molecule has 3 rings (SSSR count). The molecule has 0 unspecified atom stereocenters. The third kappa shape index (κ3) is 18.3. The number of unbranched alkanes of at least 4 members (excludes halogenated alkanes) is 3. The number of benzene rings is 1. The molecule has 1 aromatic heterocycles. The molecule has 0 aliphatic heterocycles. The highest BCUT2D eigenvalue weighted by atomic mass is 16.5. The van der Waals surface area contributed by atoms with E-state index in [1.165, 1.54) is 25.7 Å². The minimum atomic E-state index is -1.30. The Morgan fingerprint density at radius 2 is 1.78 bits per heavy atom. The lowest BCUT2D eigenvalue weighted by Crippen LogP contribution is -2.47. The van der Waals surface area contributed by atoms with Crippen molar-refractivity contribution in [2.75, 3.05) is 13.1 Å². The van der Waals surface area contributed by atoms with Crippen LogP contribution < -0.4 is 16.4 Å². The average Bonchev–Trinajstić information content (AvgIpc) is 3.48. The van der Waals surface area contributed by atoms with Crippen molar-refractivity contribution in [3.63, 3.8) is 0 Å². The van der Waals surface area contributed by atoms with Gasteiger partial charge in [0.1, 0.15) is 12.2 Å². The number of rotatable bonds is 15. The van der Waals surface area contributed by atoms with Gasteiger partial charge in [0.15, 0.2) is 5.69 Å². The summed E-state index contributed by atoms with van der Waals surface area (Å²) < 4.78 is 7.06. The average molecular weight is 624 g/mol. The summed E-state index contributed by atoms with van der Waals surface area (Å²) in [7, 11) is 0. The molecule has 1 aliphatic rings. The zero-order valence-corrected chi connectivity index (χ0v) is 27.2. The number of carboxylic acids is 1. The number of carbonyl (C=O) groups is 3. The molecule has 1 aromatic carbocycles. The van der Waals surface area contributed by atoms with E-state index < -0.39 is 11.9 Å². The first-order valence-electron chi connectivity index (χ1n) is 15.5. The highest BCUT2D eigenvalue weighted by Crippen LogP contribution is 2.22. The van der Waals surface area contributed by atoms with E-state index in [2.05, 4.69) is 42.1 Å². The van der Waals surface area contributed by atoms with Gasteiger partial charge in [0.2, 0.25) is 5.91 Å². The Kier molecular flexibility index (Phi) is 23.8. The maximum absolute atomic E-state index is 12.5. The van der Waals surface area contributed by atoms with Gasteiger partial charge >= 0.3 is 5.97 Å². The number of allylic oxidation sites excluding steroid dienone is 2. The van der Waals surface area contributed by atoms with E-state index in [1.54, 1.807) is 0 Å². The van der Waals surface area contributed by atoms with Crippen molar-refractivity contribution in [2.24, 2.45) is 5.73 Å². The van der Waals surface area contributed by atoms with Gasteiger partial charge in [0.05, 0.1) is 18.8 Å². The Hall–Kier alpha value is -4.20. The molecule has 1 saturated carbocycles. The summed E-state index contributed by atoms with van der Waals surface area (Å²) in [6.45, 7) is 12.1. The molecule has 0 saturated heterocycles. The number of terminal acetylenes is 1. The highest BCUT2D eigenvalue weighted by molar-refractivity contribution is 5.95. The summed E-state index contributed by atoms with van der Waals surface area (Å²) in [5.74, 6) is -2.53. The van der Waals surface area contributed by atoms with Crippen LogP contribution in [0.4, 0.5) is 0 Å². The zero-order valence-electron chi connectivity index (χ0n) is 27.2. The number of primary amides is 1. The van der Waals surface area contributed by atoms with Gasteiger partial charge in [-0.3, -0.25) is 9.59 Å². The van der Waals surface area contributed by atoms with Crippen molar-refractivity contribution in [1.29, 1.82) is 0 Å². The van der Waals surface area contributed by atoms with Crippen LogP contribution in [0.3, 0.4) is 0 Å². The van der Waals surface area contributed by atoms with Crippen LogP contribution in [0.1, 0.15) is 98.7 Å². The molecular weight excluding hydrogens is 570 g/mol. The van der Waals surface area contributed by atoms with Crippen LogP contribution in [0.15, 0.2) is 61.2 Å². The van der Waals surface area contributed by atoms with Crippen molar-refractivity contribution >= 4 is 17.8 Å². The number of nitrogens with zero attached hydrogens (tertiary/aromatic N) is 2. The first-order valence-corrected chi connectivity index (χ1v) is 15.5. The second-order valence-electron chi connectivity index (χ2n) is 10.3. The van der Waals surface area contributed by atoms with Crippen molar-refractivity contribution in [2.45, 2.75) is 97.4 Å². The first kappa shape index (κ1) is 40.8. The SMILES string of the molecule is C#C.C/C=C\C.C=CCNCCCCCC.NC(=O)c1cc(C(=O)O)nn1CC(=O)N[C@H]1CCCC[C@@H]1OCc1ccccc1. The molecule has 10 heteroatoms. The molecule has 5 N–H and O–H groups in total. The van der Waals surface area contributed by atoms with Crippen LogP contribution in [0.2, 0.25) is 0 Å². The molecular formula is C35H53N5O5. The number of amides is 2. The Balaban J connectivity index is 0.00000101. The molecule has 2 aromatic rings. The standard InChI is InChI=1S/C20H24N4O5.C9H19N.C4H8.C2H2/c21-19(26)16-10-15(20(27)28)23-24(16)11-18(25)22-14-8-4-5-9-17(14)29-12-13-6-2-1-3-7-13;1-3-5-6-7-9-10-8-4-2;1-3-4-2;1-2/h1-3,6-7,10,14,17H,4-5,8-9,11-12H2,(H2,21,26)(H,22,25)(H,27,28);4,10H,2-3,5-9H2,1H3;3-4H,1-2H3;1-2H/b;;4-3-;/t14-,17-;;;/m0.../s1. The molecule has 2 amide bonds. The molecule has 0 spiro atoms. The summed E-state index contributed by atoms with van der Waals surface area (Å²) in [5, 5.41) is 19.0. The fourth-order valence-corrected chi connectivity index (χ4v) is 4.35. The monoisotopic (exact) mass is 623 g/mol. The van der Waals surface area contributed by atoms with Crippen LogP contribution in [0, 0.1) is 12.8 Å². The molecule has 10 nitrogen and oxygen atoms in total.